The first kappa shape index (κ1) is 14.8. The molecule has 1 aromatic heterocycles. The number of aromatic nitrogens is 2. The zero-order valence-electron chi connectivity index (χ0n) is 11.0. The second-order valence-electron chi connectivity index (χ2n) is 4.69. The Bertz CT molecular complexity index is 543. The Morgan fingerprint density at radius 2 is 2.32 bits per heavy atom. The van der Waals surface area contributed by atoms with Gasteiger partial charge in [-0.05, 0) is 7.05 Å². The molecule has 1 aromatic rings. The Morgan fingerprint density at radius 3 is 2.89 bits per heavy atom. The monoisotopic (exact) mass is 307 g/mol. The average Bonchev–Trinajstić information content (AvgIpc) is 2.72. The molecule has 0 radical (unpaired) electrons. The van der Waals surface area contributed by atoms with Crippen LogP contribution in [0.15, 0.2) is 11.2 Å². The molecule has 0 saturated carbocycles. The largest absolute Gasteiger partial charge is 0.374 e. The van der Waals surface area contributed by atoms with Crippen molar-refractivity contribution < 1.29 is 13.2 Å². The predicted molar refractivity (Wildman–Crippen MR) is 71.9 cm³/mol. The molecule has 1 fully saturated rings. The van der Waals surface area contributed by atoms with Crippen molar-refractivity contribution in [1.82, 2.24) is 14.5 Å². The molecular weight excluding hydrogens is 290 g/mol. The number of hydrogen-bond acceptors (Lipinski definition) is 5. The van der Waals surface area contributed by atoms with E-state index in [2.05, 4.69) is 9.88 Å². The number of morpholine rings is 1. The Labute approximate surface area is 117 Å². The van der Waals surface area contributed by atoms with Crippen molar-refractivity contribution in [3.63, 3.8) is 0 Å². The molecule has 2 rings (SSSR count). The van der Waals surface area contributed by atoms with Gasteiger partial charge in [0.15, 0.2) is 5.03 Å². The van der Waals surface area contributed by atoms with E-state index in [0.717, 1.165) is 13.1 Å². The Balaban J connectivity index is 2.17. The van der Waals surface area contributed by atoms with Gasteiger partial charge in [0.2, 0.25) is 0 Å². The second kappa shape index (κ2) is 5.78. The molecule has 0 aliphatic carbocycles. The van der Waals surface area contributed by atoms with Gasteiger partial charge >= 0.3 is 0 Å². The first-order valence-corrected chi connectivity index (χ1v) is 8.52. The third kappa shape index (κ3) is 3.68. The fourth-order valence-corrected chi connectivity index (χ4v) is 2.87. The fraction of sp³-hybridized carbons (Fsp3) is 0.727. The number of nitrogens with zero attached hydrogens (tertiary/aromatic N) is 3. The van der Waals surface area contributed by atoms with Crippen LogP contribution in [0.2, 0.25) is 0 Å². The van der Waals surface area contributed by atoms with Crippen LogP contribution in [0.3, 0.4) is 0 Å². The molecule has 1 unspecified atom stereocenters. The maximum atomic E-state index is 11.3. The number of likely N-dealkylation sites (N-methyl/N-ethyl adjacent to an activating group) is 1. The van der Waals surface area contributed by atoms with E-state index in [4.69, 9.17) is 15.4 Å². The molecule has 1 aliphatic rings. The minimum Gasteiger partial charge on any atom is -0.374 e. The SMILES string of the molecule is CCc1nc(S(=O)(=O)Cl)cn1CC1CN(C)CCO1. The van der Waals surface area contributed by atoms with Gasteiger partial charge in [-0.25, -0.2) is 13.4 Å². The highest BCUT2D eigenvalue weighted by atomic mass is 35.7. The van der Waals surface area contributed by atoms with E-state index in [-0.39, 0.29) is 11.1 Å². The van der Waals surface area contributed by atoms with E-state index in [9.17, 15) is 8.42 Å². The highest BCUT2D eigenvalue weighted by Crippen LogP contribution is 2.16. The molecule has 1 atom stereocenters. The van der Waals surface area contributed by atoms with E-state index in [1.54, 1.807) is 0 Å². The van der Waals surface area contributed by atoms with Crippen molar-refractivity contribution in [1.29, 1.82) is 0 Å². The van der Waals surface area contributed by atoms with Crippen LogP contribution in [0.5, 0.6) is 0 Å². The summed E-state index contributed by atoms with van der Waals surface area (Å²) in [5.74, 6) is 0.705. The minimum absolute atomic E-state index is 0.0455. The zero-order valence-corrected chi connectivity index (χ0v) is 12.6. The summed E-state index contributed by atoms with van der Waals surface area (Å²) in [5, 5.41) is -0.0878. The quantitative estimate of drug-likeness (QED) is 0.766. The van der Waals surface area contributed by atoms with Crippen molar-refractivity contribution in [3.8, 4) is 0 Å². The van der Waals surface area contributed by atoms with Gasteiger partial charge in [0.05, 0.1) is 19.3 Å². The number of aryl methyl sites for hydroxylation is 1. The summed E-state index contributed by atoms with van der Waals surface area (Å²) in [6, 6.07) is 0. The molecule has 0 spiro atoms. The number of hydrogen-bond donors (Lipinski definition) is 0. The van der Waals surface area contributed by atoms with Crippen molar-refractivity contribution in [3.05, 3.63) is 12.0 Å². The third-order valence-corrected chi connectivity index (χ3v) is 4.32. The van der Waals surface area contributed by atoms with Gasteiger partial charge in [0, 0.05) is 36.4 Å². The van der Waals surface area contributed by atoms with E-state index in [0.29, 0.717) is 25.4 Å². The van der Waals surface area contributed by atoms with Crippen LogP contribution in [0.4, 0.5) is 0 Å². The first-order chi connectivity index (χ1) is 8.90. The van der Waals surface area contributed by atoms with Gasteiger partial charge in [-0.2, -0.15) is 0 Å². The summed E-state index contributed by atoms with van der Waals surface area (Å²) in [4.78, 5) is 6.25. The highest BCUT2D eigenvalue weighted by Gasteiger charge is 2.22. The van der Waals surface area contributed by atoms with Gasteiger partial charge < -0.3 is 14.2 Å². The lowest BCUT2D eigenvalue weighted by Crippen LogP contribution is -2.42. The standard InChI is InChI=1S/C11H18ClN3O3S/c1-3-10-13-11(19(12,16)17)8-15(10)7-9-6-14(2)4-5-18-9/h8-9H,3-7H2,1-2H3. The zero-order chi connectivity index (χ0) is 14.0. The minimum atomic E-state index is -3.78. The van der Waals surface area contributed by atoms with E-state index < -0.39 is 9.05 Å². The third-order valence-electron chi connectivity index (χ3n) is 3.15. The molecule has 1 aliphatic heterocycles. The van der Waals surface area contributed by atoms with Crippen molar-refractivity contribution >= 4 is 19.7 Å². The van der Waals surface area contributed by atoms with Crippen LogP contribution in [-0.4, -0.2) is 55.7 Å². The van der Waals surface area contributed by atoms with Gasteiger partial charge in [-0.15, -0.1) is 0 Å². The molecule has 6 nitrogen and oxygen atoms in total. The molecule has 1 saturated heterocycles. The van der Waals surface area contributed by atoms with Crippen LogP contribution >= 0.6 is 10.7 Å². The summed E-state index contributed by atoms with van der Waals surface area (Å²) >= 11 is 0. The maximum Gasteiger partial charge on any atom is 0.280 e. The summed E-state index contributed by atoms with van der Waals surface area (Å²) in [5.41, 5.74) is 0. The van der Waals surface area contributed by atoms with Gasteiger partial charge in [-0.3, -0.25) is 0 Å². The predicted octanol–water partition coefficient (Wildman–Crippen LogP) is 0.704. The first-order valence-electron chi connectivity index (χ1n) is 6.21. The van der Waals surface area contributed by atoms with Gasteiger partial charge in [0.25, 0.3) is 9.05 Å². The number of ether oxygens (including phenoxy) is 1. The molecule has 2 heterocycles. The second-order valence-corrected chi connectivity index (χ2v) is 7.21. The van der Waals surface area contributed by atoms with E-state index >= 15 is 0 Å². The van der Waals surface area contributed by atoms with Crippen LogP contribution in [0.25, 0.3) is 0 Å². The molecule has 0 N–H and O–H groups in total. The topological polar surface area (TPSA) is 64.4 Å². The van der Waals surface area contributed by atoms with Gasteiger partial charge in [0.1, 0.15) is 5.82 Å². The molecule has 0 aromatic carbocycles. The fourth-order valence-electron chi connectivity index (χ4n) is 2.18. The molecule has 0 bridgehead atoms. The maximum absolute atomic E-state index is 11.3. The van der Waals surface area contributed by atoms with Crippen LogP contribution in [-0.2, 0) is 26.8 Å². The Morgan fingerprint density at radius 1 is 1.58 bits per heavy atom. The van der Waals surface area contributed by atoms with E-state index in [1.165, 1.54) is 6.20 Å². The lowest BCUT2D eigenvalue weighted by molar-refractivity contribution is -0.0278. The van der Waals surface area contributed by atoms with Gasteiger partial charge in [-0.1, -0.05) is 6.92 Å². The molecule has 0 amide bonds. The summed E-state index contributed by atoms with van der Waals surface area (Å²) < 4.78 is 30.1. The summed E-state index contributed by atoms with van der Waals surface area (Å²) in [6.45, 7) is 4.95. The Hall–Kier alpha value is -0.630. The number of rotatable bonds is 4. The lowest BCUT2D eigenvalue weighted by atomic mass is 10.2. The molecule has 8 heteroatoms. The van der Waals surface area contributed by atoms with Crippen molar-refractivity contribution in [2.45, 2.75) is 31.0 Å². The molecular formula is C11H18ClN3O3S. The normalized spacial score (nSPS) is 21.7. The number of halogens is 1. The van der Waals surface area contributed by atoms with Crippen LogP contribution in [0.1, 0.15) is 12.7 Å². The molecule has 19 heavy (non-hydrogen) atoms. The summed E-state index contributed by atoms with van der Waals surface area (Å²) in [7, 11) is 3.59. The van der Waals surface area contributed by atoms with Crippen LogP contribution in [0, 0.1) is 0 Å². The lowest BCUT2D eigenvalue weighted by Gasteiger charge is -2.30. The highest BCUT2D eigenvalue weighted by molar-refractivity contribution is 8.13. The Kier molecular flexibility index (Phi) is 4.50. The molecule has 108 valence electrons. The van der Waals surface area contributed by atoms with E-state index in [1.807, 2.05) is 18.5 Å². The smallest absolute Gasteiger partial charge is 0.280 e. The van der Waals surface area contributed by atoms with Crippen molar-refractivity contribution in [2.75, 3.05) is 26.7 Å². The summed E-state index contributed by atoms with van der Waals surface area (Å²) in [6.07, 6.45) is 2.18. The van der Waals surface area contributed by atoms with Crippen molar-refractivity contribution in [2.24, 2.45) is 0 Å². The number of imidazole rings is 1. The average molecular weight is 308 g/mol. The van der Waals surface area contributed by atoms with Crippen LogP contribution < -0.4 is 0 Å².